The van der Waals surface area contributed by atoms with Crippen molar-refractivity contribution in [3.05, 3.63) is 17.8 Å². The molecule has 1 saturated carbocycles. The second kappa shape index (κ2) is 6.69. The quantitative estimate of drug-likeness (QED) is 0.842. The molecule has 1 atom stereocenters. The highest BCUT2D eigenvalue weighted by Gasteiger charge is 2.21. The van der Waals surface area contributed by atoms with Crippen LogP contribution in [0.2, 0.25) is 0 Å². The molecule has 1 aromatic heterocycles. The van der Waals surface area contributed by atoms with Gasteiger partial charge in [0.2, 0.25) is 5.88 Å². The minimum Gasteiger partial charge on any atom is -0.480 e. The largest absolute Gasteiger partial charge is 0.480 e. The smallest absolute Gasteiger partial charge is 0.233 e. The predicted molar refractivity (Wildman–Crippen MR) is 71.6 cm³/mol. The Balaban J connectivity index is 2.02. The van der Waals surface area contributed by atoms with E-state index in [-0.39, 0.29) is 0 Å². The van der Waals surface area contributed by atoms with Gasteiger partial charge in [-0.3, -0.25) is 0 Å². The molecule has 1 aliphatic rings. The highest BCUT2D eigenvalue weighted by Crippen LogP contribution is 2.32. The van der Waals surface area contributed by atoms with Crippen molar-refractivity contribution in [3.63, 3.8) is 0 Å². The van der Waals surface area contributed by atoms with Crippen LogP contribution in [-0.4, -0.2) is 23.9 Å². The van der Waals surface area contributed by atoms with E-state index in [1.807, 2.05) is 12.1 Å². The van der Waals surface area contributed by atoms with Crippen LogP contribution in [0, 0.1) is 5.92 Å². The summed E-state index contributed by atoms with van der Waals surface area (Å²) in [4.78, 5) is 0. The third kappa shape index (κ3) is 3.42. The maximum Gasteiger partial charge on any atom is 0.233 e. The Hall–Kier alpha value is -1.16. The van der Waals surface area contributed by atoms with Gasteiger partial charge in [-0.25, -0.2) is 0 Å². The average Bonchev–Trinajstić information content (AvgIpc) is 2.91. The Morgan fingerprint density at radius 2 is 2.11 bits per heavy atom. The highest BCUT2D eigenvalue weighted by atomic mass is 16.5. The summed E-state index contributed by atoms with van der Waals surface area (Å²) in [5.41, 5.74) is 1.03. The first-order chi connectivity index (χ1) is 8.83. The van der Waals surface area contributed by atoms with Crippen LogP contribution in [0.5, 0.6) is 5.88 Å². The van der Waals surface area contributed by atoms with E-state index in [4.69, 9.17) is 4.74 Å². The summed E-state index contributed by atoms with van der Waals surface area (Å²) in [6.45, 7) is 3.10. The molecule has 0 spiro atoms. The molecule has 0 bridgehead atoms. The molecular formula is C14H23N3O. The van der Waals surface area contributed by atoms with Gasteiger partial charge >= 0.3 is 0 Å². The van der Waals surface area contributed by atoms with Gasteiger partial charge in [0.25, 0.3) is 0 Å². The fourth-order valence-electron chi connectivity index (χ4n) is 2.76. The standard InChI is InChI=1S/C14H23N3O/c1-3-15-13(10-11-6-4-5-7-11)12-8-9-14(18-2)17-16-12/h8-9,11,13,15H,3-7,10H2,1-2H3. The van der Waals surface area contributed by atoms with Gasteiger partial charge < -0.3 is 10.1 Å². The first-order valence-electron chi connectivity index (χ1n) is 6.94. The molecule has 0 radical (unpaired) electrons. The first kappa shape index (κ1) is 13.3. The number of nitrogens with one attached hydrogen (secondary N) is 1. The summed E-state index contributed by atoms with van der Waals surface area (Å²) in [5.74, 6) is 1.42. The Morgan fingerprint density at radius 1 is 1.33 bits per heavy atom. The van der Waals surface area contributed by atoms with E-state index < -0.39 is 0 Å². The molecule has 1 aromatic rings. The predicted octanol–water partition coefficient (Wildman–Crippen LogP) is 2.72. The highest BCUT2D eigenvalue weighted by molar-refractivity contribution is 5.14. The van der Waals surface area contributed by atoms with Crippen molar-refractivity contribution in [3.8, 4) is 5.88 Å². The van der Waals surface area contributed by atoms with E-state index in [9.17, 15) is 0 Å². The molecular weight excluding hydrogens is 226 g/mol. The Bertz CT molecular complexity index is 347. The van der Waals surface area contributed by atoms with Crippen LogP contribution in [0.25, 0.3) is 0 Å². The van der Waals surface area contributed by atoms with E-state index in [0.717, 1.165) is 18.2 Å². The topological polar surface area (TPSA) is 47.0 Å². The maximum atomic E-state index is 5.05. The summed E-state index contributed by atoms with van der Waals surface area (Å²) in [6, 6.07) is 4.24. The van der Waals surface area contributed by atoms with E-state index in [1.54, 1.807) is 7.11 Å². The summed E-state index contributed by atoms with van der Waals surface area (Å²) in [6.07, 6.45) is 6.68. The molecule has 0 aromatic carbocycles. The molecule has 18 heavy (non-hydrogen) atoms. The van der Waals surface area contributed by atoms with Gasteiger partial charge in [0.15, 0.2) is 0 Å². The number of hydrogen-bond acceptors (Lipinski definition) is 4. The van der Waals surface area contributed by atoms with Gasteiger partial charge in [-0.05, 0) is 24.9 Å². The number of rotatable bonds is 6. The second-order valence-electron chi connectivity index (χ2n) is 5.00. The molecule has 1 aliphatic carbocycles. The van der Waals surface area contributed by atoms with E-state index >= 15 is 0 Å². The van der Waals surface area contributed by atoms with Crippen LogP contribution in [-0.2, 0) is 0 Å². The normalized spacial score (nSPS) is 17.9. The lowest BCUT2D eigenvalue weighted by Crippen LogP contribution is -2.24. The van der Waals surface area contributed by atoms with Crippen LogP contribution in [0.3, 0.4) is 0 Å². The molecule has 1 N–H and O–H groups in total. The lowest BCUT2D eigenvalue weighted by molar-refractivity contribution is 0.377. The number of nitrogens with zero attached hydrogens (tertiary/aromatic N) is 2. The van der Waals surface area contributed by atoms with E-state index in [1.165, 1.54) is 32.1 Å². The third-order valence-corrected chi connectivity index (χ3v) is 3.72. The first-order valence-corrected chi connectivity index (χ1v) is 6.94. The fraction of sp³-hybridized carbons (Fsp3) is 0.714. The Morgan fingerprint density at radius 3 is 2.67 bits per heavy atom. The van der Waals surface area contributed by atoms with Gasteiger partial charge in [-0.2, -0.15) is 5.10 Å². The molecule has 2 rings (SSSR count). The van der Waals surface area contributed by atoms with Crippen molar-refractivity contribution in [2.24, 2.45) is 5.92 Å². The van der Waals surface area contributed by atoms with Gasteiger partial charge in [-0.1, -0.05) is 32.6 Å². The molecule has 0 saturated heterocycles. The molecule has 1 heterocycles. The van der Waals surface area contributed by atoms with Crippen molar-refractivity contribution in [1.29, 1.82) is 0 Å². The van der Waals surface area contributed by atoms with Crippen molar-refractivity contribution in [1.82, 2.24) is 15.5 Å². The minimum atomic E-state index is 0.330. The molecule has 0 amide bonds. The van der Waals surface area contributed by atoms with E-state index in [2.05, 4.69) is 22.4 Å². The molecule has 1 fully saturated rings. The van der Waals surface area contributed by atoms with Crippen LogP contribution in [0.4, 0.5) is 0 Å². The van der Waals surface area contributed by atoms with Crippen LogP contribution >= 0.6 is 0 Å². The van der Waals surface area contributed by atoms with Gasteiger partial charge in [0.1, 0.15) is 0 Å². The second-order valence-corrected chi connectivity index (χ2v) is 5.00. The fourth-order valence-corrected chi connectivity index (χ4v) is 2.76. The lowest BCUT2D eigenvalue weighted by Gasteiger charge is -2.20. The van der Waals surface area contributed by atoms with Crippen LogP contribution in [0.1, 0.15) is 50.8 Å². The van der Waals surface area contributed by atoms with Gasteiger partial charge in [0.05, 0.1) is 18.8 Å². The molecule has 1 unspecified atom stereocenters. The maximum absolute atomic E-state index is 5.05. The average molecular weight is 249 g/mol. The lowest BCUT2D eigenvalue weighted by atomic mass is 9.96. The molecule has 0 aliphatic heterocycles. The van der Waals surface area contributed by atoms with Gasteiger partial charge in [-0.15, -0.1) is 5.10 Å². The molecule has 4 nitrogen and oxygen atoms in total. The molecule has 100 valence electrons. The summed E-state index contributed by atoms with van der Waals surface area (Å²) >= 11 is 0. The number of ether oxygens (including phenoxy) is 1. The zero-order valence-electron chi connectivity index (χ0n) is 11.4. The van der Waals surface area contributed by atoms with E-state index in [0.29, 0.717) is 11.9 Å². The van der Waals surface area contributed by atoms with Crippen LogP contribution in [0.15, 0.2) is 12.1 Å². The minimum absolute atomic E-state index is 0.330. The zero-order chi connectivity index (χ0) is 12.8. The number of aromatic nitrogens is 2. The Kier molecular flexibility index (Phi) is 4.93. The molecule has 4 heteroatoms. The van der Waals surface area contributed by atoms with Crippen molar-refractivity contribution >= 4 is 0 Å². The summed E-state index contributed by atoms with van der Waals surface area (Å²) in [5, 5.41) is 11.9. The summed E-state index contributed by atoms with van der Waals surface area (Å²) in [7, 11) is 1.62. The Labute approximate surface area is 109 Å². The summed E-state index contributed by atoms with van der Waals surface area (Å²) < 4.78 is 5.05. The number of methoxy groups -OCH3 is 1. The van der Waals surface area contributed by atoms with Crippen molar-refractivity contribution < 1.29 is 4.74 Å². The van der Waals surface area contributed by atoms with Gasteiger partial charge in [0, 0.05) is 6.07 Å². The van der Waals surface area contributed by atoms with Crippen molar-refractivity contribution in [2.45, 2.75) is 45.1 Å². The number of hydrogen-bond donors (Lipinski definition) is 1. The monoisotopic (exact) mass is 249 g/mol. The van der Waals surface area contributed by atoms with Crippen LogP contribution < -0.4 is 10.1 Å². The third-order valence-electron chi connectivity index (χ3n) is 3.72. The SMILES string of the molecule is CCNC(CC1CCCC1)c1ccc(OC)nn1. The van der Waals surface area contributed by atoms with Crippen molar-refractivity contribution in [2.75, 3.05) is 13.7 Å². The zero-order valence-corrected chi connectivity index (χ0v) is 11.4.